The molecule has 2 aromatic carbocycles. The van der Waals surface area contributed by atoms with E-state index in [2.05, 4.69) is 6.92 Å². The fourth-order valence-electron chi connectivity index (χ4n) is 3.55. The zero-order chi connectivity index (χ0) is 21.8. The minimum Gasteiger partial charge on any atom is -0.872 e. The van der Waals surface area contributed by atoms with Crippen molar-refractivity contribution in [1.29, 1.82) is 0 Å². The van der Waals surface area contributed by atoms with E-state index in [1.807, 2.05) is 0 Å². The molecular formula is C24H33KO5S. The van der Waals surface area contributed by atoms with Crippen LogP contribution in [-0.4, -0.2) is 13.0 Å². The molecule has 1 N–H and O–H groups in total. The Morgan fingerprint density at radius 1 is 0.839 bits per heavy atom. The molecule has 0 fully saturated rings. The molecular weight excluding hydrogens is 439 g/mol. The Kier molecular flexibility index (Phi) is 14.2. The molecule has 166 valence electrons. The van der Waals surface area contributed by atoms with Crippen molar-refractivity contribution in [2.24, 2.45) is 0 Å². The number of hydrogen-bond acceptors (Lipinski definition) is 4. The van der Waals surface area contributed by atoms with E-state index in [-0.39, 0.29) is 62.0 Å². The first kappa shape index (κ1) is 28.6. The average Bonchev–Trinajstić information content (AvgIpc) is 2.71. The minimum absolute atomic E-state index is 0. The van der Waals surface area contributed by atoms with Gasteiger partial charge < -0.3 is 9.84 Å². The van der Waals surface area contributed by atoms with Gasteiger partial charge >= 0.3 is 51.4 Å². The molecule has 2 rings (SSSR count). The van der Waals surface area contributed by atoms with E-state index in [0.717, 1.165) is 19.3 Å². The van der Waals surface area contributed by atoms with E-state index in [1.165, 1.54) is 63.1 Å². The van der Waals surface area contributed by atoms with E-state index < -0.39 is 10.1 Å². The van der Waals surface area contributed by atoms with Gasteiger partial charge in [0, 0.05) is 5.56 Å². The van der Waals surface area contributed by atoms with Crippen LogP contribution in [0.5, 0.6) is 17.2 Å². The van der Waals surface area contributed by atoms with Crippen LogP contribution in [0.4, 0.5) is 0 Å². The first-order chi connectivity index (χ1) is 14.4. The van der Waals surface area contributed by atoms with E-state index in [1.54, 1.807) is 24.3 Å². The molecule has 31 heavy (non-hydrogen) atoms. The molecule has 0 unspecified atom stereocenters. The number of unbranched alkanes of at least 4 members (excludes halogenated alkanes) is 9. The summed E-state index contributed by atoms with van der Waals surface area (Å²) in [4.78, 5) is -0.114. The average molecular weight is 473 g/mol. The van der Waals surface area contributed by atoms with Crippen molar-refractivity contribution in [3.05, 3.63) is 48.0 Å². The summed E-state index contributed by atoms with van der Waals surface area (Å²) in [5.41, 5.74) is 0.478. The molecule has 0 atom stereocenters. The van der Waals surface area contributed by atoms with Gasteiger partial charge in [0.2, 0.25) is 0 Å². The molecule has 0 aliphatic heterocycles. The monoisotopic (exact) mass is 472 g/mol. The Morgan fingerprint density at radius 2 is 1.39 bits per heavy atom. The fraction of sp³-hybridized carbons (Fsp3) is 0.500. The van der Waals surface area contributed by atoms with Crippen LogP contribution < -0.4 is 61.2 Å². The maximum atomic E-state index is 11.8. The van der Waals surface area contributed by atoms with Gasteiger partial charge in [-0.25, -0.2) is 0 Å². The summed E-state index contributed by atoms with van der Waals surface area (Å²) < 4.78 is 39.1. The second-order valence-electron chi connectivity index (χ2n) is 7.71. The molecule has 0 spiro atoms. The summed E-state index contributed by atoms with van der Waals surface area (Å²) in [5, 5.41) is 11.3. The Morgan fingerprint density at radius 3 is 1.94 bits per heavy atom. The van der Waals surface area contributed by atoms with Crippen LogP contribution in [-0.2, 0) is 16.5 Å². The number of benzene rings is 2. The SMILES string of the molecule is CCCCCCCCCCCCc1c(Oc2ccc([O-])cc2)cccc1S(=O)(=O)O.[K+]. The van der Waals surface area contributed by atoms with E-state index in [0.29, 0.717) is 23.5 Å². The van der Waals surface area contributed by atoms with Crippen molar-refractivity contribution in [3.8, 4) is 17.2 Å². The molecule has 7 heteroatoms. The molecule has 0 aromatic heterocycles. The van der Waals surface area contributed by atoms with Crippen LogP contribution in [0.15, 0.2) is 47.4 Å². The van der Waals surface area contributed by atoms with Crippen LogP contribution in [0.1, 0.15) is 76.7 Å². The molecule has 0 aliphatic carbocycles. The van der Waals surface area contributed by atoms with Gasteiger partial charge in [-0.15, -0.1) is 5.75 Å². The van der Waals surface area contributed by atoms with Gasteiger partial charge in [-0.1, -0.05) is 82.9 Å². The van der Waals surface area contributed by atoms with Crippen LogP contribution in [0.3, 0.4) is 0 Å². The summed E-state index contributed by atoms with van der Waals surface area (Å²) in [6.07, 6.45) is 12.4. The van der Waals surface area contributed by atoms with Gasteiger partial charge in [-0.3, -0.25) is 4.55 Å². The molecule has 0 amide bonds. The Balaban J connectivity index is 0.00000480. The maximum absolute atomic E-state index is 11.8. The number of ether oxygens (including phenoxy) is 1. The number of rotatable bonds is 14. The third kappa shape index (κ3) is 10.8. The largest absolute Gasteiger partial charge is 1.00 e. The van der Waals surface area contributed by atoms with Gasteiger partial charge in [-0.2, -0.15) is 8.42 Å². The molecule has 0 aliphatic rings. The zero-order valence-electron chi connectivity index (χ0n) is 18.8. The maximum Gasteiger partial charge on any atom is 1.00 e. The van der Waals surface area contributed by atoms with Gasteiger partial charge in [0.15, 0.2) is 0 Å². The van der Waals surface area contributed by atoms with Crippen LogP contribution in [0.25, 0.3) is 0 Å². The summed E-state index contributed by atoms with van der Waals surface area (Å²) in [6, 6.07) is 10.5. The first-order valence-corrected chi connectivity index (χ1v) is 12.4. The van der Waals surface area contributed by atoms with Crippen molar-refractivity contribution in [2.45, 2.75) is 82.4 Å². The summed E-state index contributed by atoms with van der Waals surface area (Å²) in [6.45, 7) is 2.22. The first-order valence-electron chi connectivity index (χ1n) is 11.0. The second-order valence-corrected chi connectivity index (χ2v) is 9.10. The summed E-state index contributed by atoms with van der Waals surface area (Å²) in [7, 11) is -4.35. The minimum atomic E-state index is -4.35. The number of hydrogen-bond donors (Lipinski definition) is 1. The molecule has 5 nitrogen and oxygen atoms in total. The summed E-state index contributed by atoms with van der Waals surface area (Å²) in [5.74, 6) is 0.714. The van der Waals surface area contributed by atoms with Crippen molar-refractivity contribution in [2.75, 3.05) is 0 Å². The van der Waals surface area contributed by atoms with Crippen molar-refractivity contribution < 1.29 is 74.2 Å². The van der Waals surface area contributed by atoms with Gasteiger partial charge in [-0.05, 0) is 37.1 Å². The quantitative estimate of drug-likeness (QED) is 0.259. The van der Waals surface area contributed by atoms with Crippen LogP contribution >= 0.6 is 0 Å². The van der Waals surface area contributed by atoms with Crippen LogP contribution in [0, 0.1) is 0 Å². The molecule has 0 bridgehead atoms. The zero-order valence-corrected chi connectivity index (χ0v) is 22.7. The van der Waals surface area contributed by atoms with Gasteiger partial charge in [0.25, 0.3) is 10.1 Å². The Bertz CT molecular complexity index is 866. The normalized spacial score (nSPS) is 11.2. The predicted octanol–water partition coefficient (Wildman–Crippen LogP) is 3.27. The third-order valence-electron chi connectivity index (χ3n) is 5.20. The van der Waals surface area contributed by atoms with Gasteiger partial charge in [0.1, 0.15) is 16.4 Å². The molecule has 0 radical (unpaired) electrons. The standard InChI is InChI=1S/C24H34O5S.K/c1-2-3-4-5-6-7-8-9-10-11-13-22-23(14-12-15-24(22)30(26,27)28)29-21-18-16-20(25)17-19-21;/h12,14-19,25H,2-11,13H2,1H3,(H,26,27,28);/q;+1/p-1. The van der Waals surface area contributed by atoms with Crippen LogP contribution in [0.2, 0.25) is 0 Å². The smallest absolute Gasteiger partial charge is 0.872 e. The van der Waals surface area contributed by atoms with E-state index >= 15 is 0 Å². The molecule has 0 saturated heterocycles. The van der Waals surface area contributed by atoms with E-state index in [9.17, 15) is 18.1 Å². The molecule has 0 heterocycles. The second kappa shape index (κ2) is 15.4. The van der Waals surface area contributed by atoms with Crippen molar-refractivity contribution in [3.63, 3.8) is 0 Å². The van der Waals surface area contributed by atoms with E-state index in [4.69, 9.17) is 4.74 Å². The molecule has 0 saturated carbocycles. The molecule has 2 aromatic rings. The predicted molar refractivity (Wildman–Crippen MR) is 118 cm³/mol. The summed E-state index contributed by atoms with van der Waals surface area (Å²) >= 11 is 0. The Labute approximate surface area is 229 Å². The topological polar surface area (TPSA) is 86.7 Å². The Hall–Kier alpha value is -0.414. The van der Waals surface area contributed by atoms with Crippen molar-refractivity contribution in [1.82, 2.24) is 0 Å². The fourth-order valence-corrected chi connectivity index (χ4v) is 4.32. The van der Waals surface area contributed by atoms with Gasteiger partial charge in [0.05, 0.1) is 0 Å². The van der Waals surface area contributed by atoms with Crippen molar-refractivity contribution >= 4 is 10.1 Å². The third-order valence-corrected chi connectivity index (χ3v) is 6.14.